The number of allylic oxidation sites excluding steroid dienone is 1. The summed E-state index contributed by atoms with van der Waals surface area (Å²) in [5.41, 5.74) is 7.09. The standard InChI is InChI=1S/C25H21N5O4/c26-23(32)19-4-1-3-18-21(31)20(34-22(18)19)15-16-5-7-17(8-6-16)24(33)29-11-13-30(14-12-29)25-27-9-2-10-28-25/h1-10,15H,11-14H2,(H2,26,32)/b20-15-. The van der Waals surface area contributed by atoms with E-state index in [1.165, 1.54) is 6.07 Å². The molecule has 2 aliphatic rings. The first-order chi connectivity index (χ1) is 16.5. The van der Waals surface area contributed by atoms with Crippen molar-refractivity contribution in [3.05, 3.63) is 88.9 Å². The number of amides is 2. The Balaban J connectivity index is 1.26. The Bertz CT molecular complexity index is 1300. The van der Waals surface area contributed by atoms with Crippen LogP contribution in [0, 0.1) is 0 Å². The van der Waals surface area contributed by atoms with Crippen molar-refractivity contribution < 1.29 is 19.1 Å². The number of carbonyl (C=O) groups is 3. The van der Waals surface area contributed by atoms with E-state index in [9.17, 15) is 14.4 Å². The number of fused-ring (bicyclic) bond motifs is 1. The van der Waals surface area contributed by atoms with E-state index in [0.29, 0.717) is 48.8 Å². The van der Waals surface area contributed by atoms with E-state index in [-0.39, 0.29) is 28.8 Å². The molecule has 3 heterocycles. The number of hydrogen-bond acceptors (Lipinski definition) is 7. The van der Waals surface area contributed by atoms with Crippen LogP contribution in [0.1, 0.15) is 36.6 Å². The Morgan fingerprint density at radius 1 is 0.941 bits per heavy atom. The molecule has 0 atom stereocenters. The smallest absolute Gasteiger partial charge is 0.253 e. The van der Waals surface area contributed by atoms with Crippen LogP contribution >= 0.6 is 0 Å². The molecular formula is C25H21N5O4. The van der Waals surface area contributed by atoms with Crippen molar-refractivity contribution in [3.8, 4) is 5.75 Å². The number of primary amides is 1. The summed E-state index contributed by atoms with van der Waals surface area (Å²) in [5, 5.41) is 0. The van der Waals surface area contributed by atoms with Gasteiger partial charge in [-0.1, -0.05) is 18.2 Å². The summed E-state index contributed by atoms with van der Waals surface area (Å²) in [5.74, 6) is -0.0927. The molecule has 9 heteroatoms. The zero-order chi connectivity index (χ0) is 23.7. The molecule has 0 aliphatic carbocycles. The molecule has 2 N–H and O–H groups in total. The fourth-order valence-corrected chi connectivity index (χ4v) is 4.02. The van der Waals surface area contributed by atoms with Crippen LogP contribution in [0.3, 0.4) is 0 Å². The first-order valence-electron chi connectivity index (χ1n) is 10.8. The van der Waals surface area contributed by atoms with Gasteiger partial charge in [-0.2, -0.15) is 0 Å². The molecule has 0 radical (unpaired) electrons. The lowest BCUT2D eigenvalue weighted by Gasteiger charge is -2.34. The number of benzene rings is 2. The van der Waals surface area contributed by atoms with Gasteiger partial charge in [0, 0.05) is 44.1 Å². The van der Waals surface area contributed by atoms with Crippen LogP contribution in [-0.4, -0.2) is 58.6 Å². The maximum Gasteiger partial charge on any atom is 0.253 e. The largest absolute Gasteiger partial charge is 0.452 e. The number of rotatable bonds is 4. The minimum absolute atomic E-state index is 0.0560. The van der Waals surface area contributed by atoms with Gasteiger partial charge in [-0.05, 0) is 42.0 Å². The van der Waals surface area contributed by atoms with Crippen LogP contribution < -0.4 is 15.4 Å². The van der Waals surface area contributed by atoms with Crippen molar-refractivity contribution >= 4 is 29.6 Å². The molecule has 3 aromatic rings. The topological polar surface area (TPSA) is 119 Å². The molecule has 1 fully saturated rings. The maximum atomic E-state index is 12.9. The summed E-state index contributed by atoms with van der Waals surface area (Å²) in [6.45, 7) is 2.47. The highest BCUT2D eigenvalue weighted by Crippen LogP contribution is 2.35. The highest BCUT2D eigenvalue weighted by Gasteiger charge is 2.31. The quantitative estimate of drug-likeness (QED) is 0.599. The van der Waals surface area contributed by atoms with Gasteiger partial charge in [0.15, 0.2) is 11.5 Å². The second-order valence-electron chi connectivity index (χ2n) is 7.94. The number of nitrogens with zero attached hydrogens (tertiary/aromatic N) is 4. The van der Waals surface area contributed by atoms with Crippen LogP contribution in [0.4, 0.5) is 5.95 Å². The Hall–Kier alpha value is -4.53. The molecule has 0 saturated carbocycles. The number of carbonyl (C=O) groups excluding carboxylic acids is 3. The van der Waals surface area contributed by atoms with E-state index < -0.39 is 5.91 Å². The summed E-state index contributed by atoms with van der Waals surface area (Å²) in [4.78, 5) is 49.6. The number of para-hydroxylation sites is 1. The third-order valence-corrected chi connectivity index (χ3v) is 5.82. The van der Waals surface area contributed by atoms with E-state index >= 15 is 0 Å². The van der Waals surface area contributed by atoms with Gasteiger partial charge in [0.1, 0.15) is 0 Å². The van der Waals surface area contributed by atoms with Gasteiger partial charge >= 0.3 is 0 Å². The fraction of sp³-hybridized carbons (Fsp3) is 0.160. The van der Waals surface area contributed by atoms with E-state index in [0.717, 1.165) is 0 Å². The molecule has 0 unspecified atom stereocenters. The summed E-state index contributed by atoms with van der Waals surface area (Å²) in [6.07, 6.45) is 4.99. The van der Waals surface area contributed by atoms with Crippen LogP contribution in [0.5, 0.6) is 5.75 Å². The molecule has 2 aromatic carbocycles. The maximum absolute atomic E-state index is 12.9. The van der Waals surface area contributed by atoms with Crippen molar-refractivity contribution in [1.29, 1.82) is 0 Å². The van der Waals surface area contributed by atoms with Crippen LogP contribution in [0.15, 0.2) is 66.7 Å². The van der Waals surface area contributed by atoms with Gasteiger partial charge in [0.25, 0.3) is 11.8 Å². The van der Waals surface area contributed by atoms with Gasteiger partial charge in [-0.25, -0.2) is 9.97 Å². The molecule has 34 heavy (non-hydrogen) atoms. The van der Waals surface area contributed by atoms with Gasteiger partial charge in [-0.15, -0.1) is 0 Å². The number of ketones is 1. The number of piperazine rings is 1. The number of anilines is 1. The third kappa shape index (κ3) is 3.99. The lowest BCUT2D eigenvalue weighted by molar-refractivity contribution is 0.0746. The molecule has 170 valence electrons. The van der Waals surface area contributed by atoms with E-state index in [4.69, 9.17) is 10.5 Å². The Morgan fingerprint density at radius 2 is 1.65 bits per heavy atom. The second-order valence-corrected chi connectivity index (χ2v) is 7.94. The Labute approximate surface area is 195 Å². The van der Waals surface area contributed by atoms with E-state index in [1.807, 2.05) is 0 Å². The number of nitrogens with two attached hydrogens (primary N) is 1. The van der Waals surface area contributed by atoms with Crippen molar-refractivity contribution in [1.82, 2.24) is 14.9 Å². The van der Waals surface area contributed by atoms with Crippen LogP contribution in [-0.2, 0) is 0 Å². The average Bonchev–Trinajstić information content (AvgIpc) is 3.19. The molecule has 0 spiro atoms. The number of hydrogen-bond donors (Lipinski definition) is 1. The van der Waals surface area contributed by atoms with Crippen molar-refractivity contribution in [2.75, 3.05) is 31.1 Å². The van der Waals surface area contributed by atoms with Crippen molar-refractivity contribution in [2.45, 2.75) is 0 Å². The minimum Gasteiger partial charge on any atom is -0.452 e. The molecule has 0 bridgehead atoms. The van der Waals surface area contributed by atoms with Crippen LogP contribution in [0.2, 0.25) is 0 Å². The summed E-state index contributed by atoms with van der Waals surface area (Å²) >= 11 is 0. The zero-order valence-electron chi connectivity index (χ0n) is 18.2. The SMILES string of the molecule is NC(=O)c1cccc2c1O/C(=C\c1ccc(C(=O)N3CCN(c4ncccn4)CC3)cc1)C2=O. The van der Waals surface area contributed by atoms with Gasteiger partial charge in [-0.3, -0.25) is 14.4 Å². The minimum atomic E-state index is -0.661. The molecule has 5 rings (SSSR count). The van der Waals surface area contributed by atoms with Gasteiger partial charge < -0.3 is 20.3 Å². The average molecular weight is 455 g/mol. The van der Waals surface area contributed by atoms with E-state index in [1.54, 1.807) is 65.8 Å². The Morgan fingerprint density at radius 3 is 2.32 bits per heavy atom. The Kier molecular flexibility index (Phi) is 5.51. The summed E-state index contributed by atoms with van der Waals surface area (Å²) in [6, 6.07) is 13.4. The number of Topliss-reactive ketones (excluding diaryl/α,β-unsaturated/α-hetero) is 1. The van der Waals surface area contributed by atoms with Gasteiger partial charge in [0.2, 0.25) is 11.7 Å². The first kappa shape index (κ1) is 21.3. The molecule has 1 aromatic heterocycles. The van der Waals surface area contributed by atoms with Gasteiger partial charge in [0.05, 0.1) is 11.1 Å². The fourth-order valence-electron chi connectivity index (χ4n) is 4.02. The second kappa shape index (κ2) is 8.78. The summed E-state index contributed by atoms with van der Waals surface area (Å²) in [7, 11) is 0. The monoisotopic (exact) mass is 455 g/mol. The molecule has 1 saturated heterocycles. The lowest BCUT2D eigenvalue weighted by atomic mass is 10.0. The predicted octanol–water partition coefficient (Wildman–Crippen LogP) is 2.15. The highest BCUT2D eigenvalue weighted by atomic mass is 16.5. The summed E-state index contributed by atoms with van der Waals surface area (Å²) < 4.78 is 5.66. The molecule has 2 aliphatic heterocycles. The normalized spacial score (nSPS) is 16.4. The number of ether oxygens (including phenoxy) is 1. The number of aromatic nitrogens is 2. The zero-order valence-corrected chi connectivity index (χ0v) is 18.2. The van der Waals surface area contributed by atoms with Crippen molar-refractivity contribution in [2.24, 2.45) is 5.73 Å². The van der Waals surface area contributed by atoms with Crippen LogP contribution in [0.25, 0.3) is 6.08 Å². The predicted molar refractivity (Wildman–Crippen MR) is 124 cm³/mol. The highest BCUT2D eigenvalue weighted by molar-refractivity contribution is 6.16. The van der Waals surface area contributed by atoms with Crippen molar-refractivity contribution in [3.63, 3.8) is 0 Å². The molecule has 2 amide bonds. The molecular weight excluding hydrogens is 434 g/mol. The first-order valence-corrected chi connectivity index (χ1v) is 10.8. The molecule has 9 nitrogen and oxygen atoms in total. The van der Waals surface area contributed by atoms with E-state index in [2.05, 4.69) is 14.9 Å². The lowest BCUT2D eigenvalue weighted by Crippen LogP contribution is -2.49. The third-order valence-electron chi connectivity index (χ3n) is 5.82.